The van der Waals surface area contributed by atoms with E-state index in [4.69, 9.17) is 4.74 Å². The maximum Gasteiger partial charge on any atom is 0.122 e. The number of rotatable bonds is 5. The number of thiophene rings is 1. The van der Waals surface area contributed by atoms with E-state index in [-0.39, 0.29) is 0 Å². The molecule has 0 radical (unpaired) electrons. The zero-order chi connectivity index (χ0) is 11.2. The van der Waals surface area contributed by atoms with Gasteiger partial charge < -0.3 is 4.74 Å². The lowest BCUT2D eigenvalue weighted by molar-refractivity contribution is 0.319. The summed E-state index contributed by atoms with van der Waals surface area (Å²) in [4.78, 5) is 0. The Hall–Kier alpha value is -1.28. The van der Waals surface area contributed by atoms with Gasteiger partial charge in [-0.2, -0.15) is 11.3 Å². The summed E-state index contributed by atoms with van der Waals surface area (Å²) in [6, 6.07) is 10.4. The Morgan fingerprint density at radius 2 is 2.06 bits per heavy atom. The van der Waals surface area contributed by atoms with Gasteiger partial charge in [0.2, 0.25) is 0 Å². The van der Waals surface area contributed by atoms with Crippen LogP contribution in [0.4, 0.5) is 0 Å². The summed E-state index contributed by atoms with van der Waals surface area (Å²) in [5.74, 6) is 1.03. The van der Waals surface area contributed by atoms with Crippen LogP contribution < -0.4 is 4.74 Å². The van der Waals surface area contributed by atoms with Crippen LogP contribution in [0.2, 0.25) is 0 Å². The number of para-hydroxylation sites is 1. The lowest BCUT2D eigenvalue weighted by Gasteiger charge is -2.09. The predicted molar refractivity (Wildman–Crippen MR) is 69.3 cm³/mol. The van der Waals surface area contributed by atoms with Gasteiger partial charge in [-0.3, -0.25) is 0 Å². The maximum absolute atomic E-state index is 5.81. The zero-order valence-electron chi connectivity index (χ0n) is 9.48. The molecule has 0 fully saturated rings. The number of benzene rings is 1. The lowest BCUT2D eigenvalue weighted by atomic mass is 10.1. The monoisotopic (exact) mass is 232 g/mol. The number of hydrogen-bond donors (Lipinski definition) is 0. The molecule has 2 rings (SSSR count). The molecule has 0 amide bonds. The highest BCUT2D eigenvalue weighted by Crippen LogP contribution is 2.18. The Balaban J connectivity index is 1.89. The highest BCUT2D eigenvalue weighted by molar-refractivity contribution is 7.07. The van der Waals surface area contributed by atoms with E-state index >= 15 is 0 Å². The third kappa shape index (κ3) is 2.86. The Labute approximate surface area is 101 Å². The van der Waals surface area contributed by atoms with Crippen LogP contribution in [0, 0.1) is 0 Å². The third-order valence-electron chi connectivity index (χ3n) is 2.58. The van der Waals surface area contributed by atoms with Crippen molar-refractivity contribution in [2.75, 3.05) is 6.61 Å². The molecule has 0 saturated heterocycles. The van der Waals surface area contributed by atoms with Crippen molar-refractivity contribution in [3.8, 4) is 5.75 Å². The molecule has 0 atom stereocenters. The fourth-order valence-corrected chi connectivity index (χ4v) is 2.35. The van der Waals surface area contributed by atoms with Crippen molar-refractivity contribution in [3.63, 3.8) is 0 Å². The summed E-state index contributed by atoms with van der Waals surface area (Å²) < 4.78 is 5.81. The van der Waals surface area contributed by atoms with Gasteiger partial charge in [0, 0.05) is 6.42 Å². The summed E-state index contributed by atoms with van der Waals surface area (Å²) in [6.07, 6.45) is 2.01. The second-order valence-electron chi connectivity index (χ2n) is 3.69. The van der Waals surface area contributed by atoms with Gasteiger partial charge in [-0.05, 0) is 40.4 Å². The molecule has 0 saturated carbocycles. The Morgan fingerprint density at radius 1 is 1.19 bits per heavy atom. The molecular weight excluding hydrogens is 216 g/mol. The van der Waals surface area contributed by atoms with Crippen molar-refractivity contribution >= 4 is 11.3 Å². The van der Waals surface area contributed by atoms with Crippen molar-refractivity contribution in [2.45, 2.75) is 19.8 Å². The first-order valence-electron chi connectivity index (χ1n) is 5.62. The smallest absolute Gasteiger partial charge is 0.122 e. The average molecular weight is 232 g/mol. The van der Waals surface area contributed by atoms with E-state index in [2.05, 4.69) is 35.9 Å². The zero-order valence-corrected chi connectivity index (χ0v) is 10.3. The van der Waals surface area contributed by atoms with E-state index < -0.39 is 0 Å². The van der Waals surface area contributed by atoms with E-state index in [9.17, 15) is 0 Å². The van der Waals surface area contributed by atoms with Gasteiger partial charge >= 0.3 is 0 Å². The molecule has 1 heterocycles. The van der Waals surface area contributed by atoms with E-state index in [1.807, 2.05) is 12.1 Å². The summed E-state index contributed by atoms with van der Waals surface area (Å²) in [5, 5.41) is 4.28. The Morgan fingerprint density at radius 3 is 2.81 bits per heavy atom. The van der Waals surface area contributed by atoms with E-state index in [0.717, 1.165) is 25.2 Å². The molecular formula is C14H16OS. The van der Waals surface area contributed by atoms with Gasteiger partial charge in [-0.25, -0.2) is 0 Å². The fraction of sp³-hybridized carbons (Fsp3) is 0.286. The van der Waals surface area contributed by atoms with Crippen LogP contribution >= 0.6 is 11.3 Å². The Bertz CT molecular complexity index is 420. The molecule has 2 heteroatoms. The van der Waals surface area contributed by atoms with Crippen LogP contribution in [0.1, 0.15) is 18.1 Å². The minimum absolute atomic E-state index is 0.758. The van der Waals surface area contributed by atoms with Crippen molar-refractivity contribution in [3.05, 3.63) is 52.2 Å². The fourth-order valence-electron chi connectivity index (χ4n) is 1.65. The molecule has 16 heavy (non-hydrogen) atoms. The maximum atomic E-state index is 5.81. The van der Waals surface area contributed by atoms with Crippen molar-refractivity contribution in [2.24, 2.45) is 0 Å². The van der Waals surface area contributed by atoms with Crippen LogP contribution in [0.3, 0.4) is 0 Å². The predicted octanol–water partition coefficient (Wildman–Crippen LogP) is 3.93. The SMILES string of the molecule is CCc1ccccc1OCCc1ccsc1. The van der Waals surface area contributed by atoms with E-state index in [1.54, 1.807) is 11.3 Å². The second kappa shape index (κ2) is 5.71. The van der Waals surface area contributed by atoms with Crippen LogP contribution in [0.5, 0.6) is 5.75 Å². The molecule has 1 aromatic heterocycles. The highest BCUT2D eigenvalue weighted by atomic mass is 32.1. The summed E-state index contributed by atoms with van der Waals surface area (Å²) in [7, 11) is 0. The van der Waals surface area contributed by atoms with Crippen molar-refractivity contribution < 1.29 is 4.74 Å². The van der Waals surface area contributed by atoms with Gasteiger partial charge in [-0.15, -0.1) is 0 Å². The topological polar surface area (TPSA) is 9.23 Å². The van der Waals surface area contributed by atoms with Gasteiger partial charge in [0.25, 0.3) is 0 Å². The highest BCUT2D eigenvalue weighted by Gasteiger charge is 2.00. The quantitative estimate of drug-likeness (QED) is 0.759. The number of ether oxygens (including phenoxy) is 1. The lowest BCUT2D eigenvalue weighted by Crippen LogP contribution is -2.02. The van der Waals surface area contributed by atoms with Crippen LogP contribution in [0.15, 0.2) is 41.1 Å². The molecule has 1 aromatic carbocycles. The van der Waals surface area contributed by atoms with Crippen LogP contribution in [-0.2, 0) is 12.8 Å². The Kier molecular flexibility index (Phi) is 4.00. The van der Waals surface area contributed by atoms with Crippen LogP contribution in [0.25, 0.3) is 0 Å². The molecule has 0 N–H and O–H groups in total. The first kappa shape index (κ1) is 11.2. The van der Waals surface area contributed by atoms with Gasteiger partial charge in [0.15, 0.2) is 0 Å². The molecule has 0 unspecified atom stereocenters. The normalized spacial score (nSPS) is 10.3. The van der Waals surface area contributed by atoms with Crippen LogP contribution in [-0.4, -0.2) is 6.61 Å². The molecule has 0 aliphatic carbocycles. The number of aryl methyl sites for hydroxylation is 1. The first-order chi connectivity index (χ1) is 7.90. The number of hydrogen-bond acceptors (Lipinski definition) is 2. The average Bonchev–Trinajstić information content (AvgIpc) is 2.83. The largest absolute Gasteiger partial charge is 0.493 e. The van der Waals surface area contributed by atoms with Gasteiger partial charge in [-0.1, -0.05) is 25.1 Å². The molecule has 2 aromatic rings. The standard InChI is InChI=1S/C14H16OS/c1-2-13-5-3-4-6-14(13)15-9-7-12-8-10-16-11-12/h3-6,8,10-11H,2,7,9H2,1H3. The van der Waals surface area contributed by atoms with Gasteiger partial charge in [0.1, 0.15) is 5.75 Å². The minimum Gasteiger partial charge on any atom is -0.493 e. The van der Waals surface area contributed by atoms with Gasteiger partial charge in [0.05, 0.1) is 6.61 Å². The molecule has 0 bridgehead atoms. The molecule has 0 spiro atoms. The summed E-state index contributed by atoms with van der Waals surface area (Å²) in [6.45, 7) is 2.91. The summed E-state index contributed by atoms with van der Waals surface area (Å²) >= 11 is 1.74. The van der Waals surface area contributed by atoms with Crippen molar-refractivity contribution in [1.29, 1.82) is 0 Å². The van der Waals surface area contributed by atoms with E-state index in [1.165, 1.54) is 11.1 Å². The first-order valence-corrected chi connectivity index (χ1v) is 6.56. The second-order valence-corrected chi connectivity index (χ2v) is 4.47. The molecule has 0 aliphatic rings. The van der Waals surface area contributed by atoms with E-state index in [0.29, 0.717) is 0 Å². The third-order valence-corrected chi connectivity index (χ3v) is 3.31. The summed E-state index contributed by atoms with van der Waals surface area (Å²) in [5.41, 5.74) is 2.65. The minimum atomic E-state index is 0.758. The van der Waals surface area contributed by atoms with Crippen molar-refractivity contribution in [1.82, 2.24) is 0 Å². The molecule has 1 nitrogen and oxygen atoms in total. The molecule has 0 aliphatic heterocycles. The molecule has 84 valence electrons.